The molecular formula is C26H18BrClN4S. The highest BCUT2D eigenvalue weighted by atomic mass is 79.9. The first kappa shape index (κ1) is 20.7. The molecule has 0 atom stereocenters. The van der Waals surface area contributed by atoms with Crippen LogP contribution in [0.5, 0.6) is 0 Å². The molecular weight excluding hydrogens is 516 g/mol. The predicted octanol–water partition coefficient (Wildman–Crippen LogP) is 7.54. The Hall–Kier alpha value is -2.93. The van der Waals surface area contributed by atoms with Crippen molar-refractivity contribution in [1.29, 1.82) is 0 Å². The Labute approximate surface area is 208 Å². The zero-order valence-electron chi connectivity index (χ0n) is 17.4. The number of halogens is 2. The smallest absolute Gasteiger partial charge is 0.212 e. The minimum Gasteiger partial charge on any atom is -0.361 e. The van der Waals surface area contributed by atoms with Crippen molar-refractivity contribution in [3.8, 4) is 11.3 Å². The molecule has 3 heterocycles. The molecule has 0 unspecified atom stereocenters. The van der Waals surface area contributed by atoms with Gasteiger partial charge in [-0.15, -0.1) is 0 Å². The van der Waals surface area contributed by atoms with Crippen LogP contribution in [0.2, 0.25) is 5.02 Å². The first-order valence-electron chi connectivity index (χ1n) is 10.6. The van der Waals surface area contributed by atoms with Crippen molar-refractivity contribution in [3.05, 3.63) is 110 Å². The van der Waals surface area contributed by atoms with Crippen molar-refractivity contribution < 1.29 is 0 Å². The molecule has 33 heavy (non-hydrogen) atoms. The second-order valence-electron chi connectivity index (χ2n) is 7.94. The van der Waals surface area contributed by atoms with Gasteiger partial charge in [0, 0.05) is 45.0 Å². The number of hydrogen-bond donors (Lipinski definition) is 1. The summed E-state index contributed by atoms with van der Waals surface area (Å²) >= 11 is 11.2. The highest BCUT2D eigenvalue weighted by Crippen LogP contribution is 2.32. The normalized spacial score (nSPS) is 11.6. The molecule has 4 nitrogen and oxygen atoms in total. The first-order valence-corrected chi connectivity index (χ1v) is 12.6. The van der Waals surface area contributed by atoms with Crippen LogP contribution >= 0.6 is 38.9 Å². The predicted molar refractivity (Wildman–Crippen MR) is 139 cm³/mol. The first-order chi connectivity index (χ1) is 16.1. The fraction of sp³-hybridized carbons (Fsp3) is 0.0769. The summed E-state index contributed by atoms with van der Waals surface area (Å²) in [6.45, 7) is 0. The van der Waals surface area contributed by atoms with Gasteiger partial charge >= 0.3 is 0 Å². The molecule has 3 aromatic heterocycles. The molecule has 6 rings (SSSR count). The highest BCUT2D eigenvalue weighted by Gasteiger charge is 2.20. The van der Waals surface area contributed by atoms with Crippen molar-refractivity contribution in [2.75, 3.05) is 0 Å². The van der Waals surface area contributed by atoms with Crippen LogP contribution in [0.15, 0.2) is 83.5 Å². The summed E-state index contributed by atoms with van der Waals surface area (Å²) in [5.41, 5.74) is 6.71. The topological polar surface area (TPSA) is 46.0 Å². The van der Waals surface area contributed by atoms with Gasteiger partial charge in [-0.25, -0.2) is 9.50 Å². The maximum absolute atomic E-state index is 6.04. The van der Waals surface area contributed by atoms with Gasteiger partial charge in [0.2, 0.25) is 4.96 Å². The van der Waals surface area contributed by atoms with E-state index in [4.69, 9.17) is 21.7 Å². The number of aromatic nitrogens is 4. The number of hydrogen-bond acceptors (Lipinski definition) is 3. The average Bonchev–Trinajstić information content (AvgIpc) is 3.50. The lowest BCUT2D eigenvalue weighted by molar-refractivity contribution is 0.867. The van der Waals surface area contributed by atoms with Crippen LogP contribution in [0.4, 0.5) is 0 Å². The number of aromatic amines is 1. The number of nitrogens with one attached hydrogen (secondary N) is 1. The summed E-state index contributed by atoms with van der Waals surface area (Å²) in [4.78, 5) is 9.32. The van der Waals surface area contributed by atoms with Gasteiger partial charge in [0.1, 0.15) is 5.01 Å². The summed E-state index contributed by atoms with van der Waals surface area (Å²) in [5, 5.41) is 7.98. The number of para-hydroxylation sites is 1. The number of benzene rings is 3. The number of imidazole rings is 1. The lowest BCUT2D eigenvalue weighted by Crippen LogP contribution is -1.99. The molecule has 0 spiro atoms. The Morgan fingerprint density at radius 1 is 0.939 bits per heavy atom. The third-order valence-corrected chi connectivity index (χ3v) is 7.45. The second-order valence-corrected chi connectivity index (χ2v) is 10.3. The van der Waals surface area contributed by atoms with Crippen LogP contribution in [0.25, 0.3) is 27.1 Å². The van der Waals surface area contributed by atoms with E-state index in [1.165, 1.54) is 16.5 Å². The molecule has 0 saturated heterocycles. The fourth-order valence-corrected chi connectivity index (χ4v) is 5.47. The summed E-state index contributed by atoms with van der Waals surface area (Å²) in [6, 6.07) is 24.6. The molecule has 1 N–H and O–H groups in total. The number of fused-ring (bicyclic) bond motifs is 2. The van der Waals surface area contributed by atoms with Gasteiger partial charge in [-0.1, -0.05) is 81.3 Å². The summed E-state index contributed by atoms with van der Waals surface area (Å²) in [5.74, 6) is 0. The summed E-state index contributed by atoms with van der Waals surface area (Å²) < 4.78 is 3.07. The molecule has 0 aliphatic rings. The molecule has 0 aliphatic carbocycles. The monoisotopic (exact) mass is 532 g/mol. The van der Waals surface area contributed by atoms with E-state index in [1.54, 1.807) is 11.3 Å². The van der Waals surface area contributed by atoms with Gasteiger partial charge in [-0.05, 0) is 41.5 Å². The fourth-order valence-electron chi connectivity index (χ4n) is 4.13. The summed E-state index contributed by atoms with van der Waals surface area (Å²) in [7, 11) is 0. The van der Waals surface area contributed by atoms with Crippen LogP contribution < -0.4 is 0 Å². The Morgan fingerprint density at radius 3 is 2.55 bits per heavy atom. The maximum Gasteiger partial charge on any atom is 0.212 e. The highest BCUT2D eigenvalue weighted by molar-refractivity contribution is 9.10. The van der Waals surface area contributed by atoms with Crippen molar-refractivity contribution in [3.63, 3.8) is 0 Å². The molecule has 0 amide bonds. The van der Waals surface area contributed by atoms with Gasteiger partial charge in [-0.3, -0.25) is 0 Å². The van der Waals surface area contributed by atoms with Crippen molar-refractivity contribution in [2.24, 2.45) is 0 Å². The minimum absolute atomic E-state index is 0.737. The SMILES string of the molecule is Clc1ccc(Cc2nn3c(Cc4c[nH]c5ccccc45)c(-c4ccc(Br)cc4)nc3s2)cc1. The lowest BCUT2D eigenvalue weighted by Gasteiger charge is -2.05. The van der Waals surface area contributed by atoms with Gasteiger partial charge < -0.3 is 4.98 Å². The van der Waals surface area contributed by atoms with E-state index in [0.29, 0.717) is 0 Å². The molecule has 162 valence electrons. The van der Waals surface area contributed by atoms with E-state index in [-0.39, 0.29) is 0 Å². The van der Waals surface area contributed by atoms with E-state index in [0.717, 1.165) is 54.8 Å². The van der Waals surface area contributed by atoms with Gasteiger partial charge in [0.15, 0.2) is 0 Å². The average molecular weight is 534 g/mol. The Bertz CT molecular complexity index is 1580. The van der Waals surface area contributed by atoms with Crippen LogP contribution in [0.1, 0.15) is 21.8 Å². The summed E-state index contributed by atoms with van der Waals surface area (Å²) in [6.07, 6.45) is 3.59. The van der Waals surface area contributed by atoms with Crippen LogP contribution in [0.3, 0.4) is 0 Å². The Kier molecular flexibility index (Phi) is 5.29. The van der Waals surface area contributed by atoms with Crippen molar-refractivity contribution >= 4 is 54.7 Å². The molecule has 0 saturated carbocycles. The molecule has 0 fully saturated rings. The Morgan fingerprint density at radius 2 is 1.73 bits per heavy atom. The quantitative estimate of drug-likeness (QED) is 0.249. The molecule has 0 bridgehead atoms. The standard InChI is InChI=1S/C26H18BrClN4S/c27-19-9-7-17(8-10-19)25-23(14-18-15-29-22-4-2-1-3-21(18)22)32-26(30-25)33-24(31-32)13-16-5-11-20(28)12-6-16/h1-12,15,29H,13-14H2. The van der Waals surface area contributed by atoms with Crippen LogP contribution in [-0.2, 0) is 12.8 Å². The molecule has 7 heteroatoms. The molecule has 3 aromatic carbocycles. The number of nitrogens with zero attached hydrogens (tertiary/aromatic N) is 3. The number of rotatable bonds is 5. The van der Waals surface area contributed by atoms with Gasteiger partial charge in [-0.2, -0.15) is 5.10 Å². The maximum atomic E-state index is 6.04. The molecule has 0 radical (unpaired) electrons. The number of H-pyrrole nitrogens is 1. The molecule has 0 aliphatic heterocycles. The van der Waals surface area contributed by atoms with Crippen molar-refractivity contribution in [1.82, 2.24) is 19.6 Å². The zero-order chi connectivity index (χ0) is 22.4. The third-order valence-electron chi connectivity index (χ3n) is 5.76. The van der Waals surface area contributed by atoms with E-state index < -0.39 is 0 Å². The van der Waals surface area contributed by atoms with Gasteiger partial charge in [0.05, 0.1) is 11.4 Å². The minimum atomic E-state index is 0.737. The zero-order valence-corrected chi connectivity index (χ0v) is 20.6. The van der Waals surface area contributed by atoms with Crippen LogP contribution in [-0.4, -0.2) is 19.6 Å². The lowest BCUT2D eigenvalue weighted by atomic mass is 10.0. The van der Waals surface area contributed by atoms with E-state index in [9.17, 15) is 0 Å². The van der Waals surface area contributed by atoms with Crippen molar-refractivity contribution in [2.45, 2.75) is 12.8 Å². The van der Waals surface area contributed by atoms with E-state index in [2.05, 4.69) is 75.6 Å². The molecule has 6 aromatic rings. The van der Waals surface area contributed by atoms with Gasteiger partial charge in [0.25, 0.3) is 0 Å². The van der Waals surface area contributed by atoms with Crippen LogP contribution in [0, 0.1) is 0 Å². The largest absolute Gasteiger partial charge is 0.361 e. The van der Waals surface area contributed by atoms with E-state index in [1.807, 2.05) is 28.8 Å². The van der Waals surface area contributed by atoms with E-state index >= 15 is 0 Å². The second kappa shape index (κ2) is 8.45. The third kappa shape index (κ3) is 3.99. The Balaban J connectivity index is 1.45.